The molecular formula is C19H20N2OSe. The van der Waals surface area contributed by atoms with E-state index in [0.717, 1.165) is 6.42 Å². The molecule has 4 heteroatoms. The van der Waals surface area contributed by atoms with Gasteiger partial charge < -0.3 is 0 Å². The van der Waals surface area contributed by atoms with Gasteiger partial charge in [0.05, 0.1) is 0 Å². The first kappa shape index (κ1) is 17.3. The van der Waals surface area contributed by atoms with Crippen LogP contribution in [-0.4, -0.2) is 32.3 Å². The SMILES string of the molecule is CC(C)(CCN(C#N)C(=O)c1ccccc1)[Se]c1ccccc1. The fourth-order valence-electron chi connectivity index (χ4n) is 2.17. The van der Waals surface area contributed by atoms with Crippen molar-refractivity contribution in [3.8, 4) is 6.19 Å². The molecule has 0 bridgehead atoms. The van der Waals surface area contributed by atoms with E-state index < -0.39 is 0 Å². The van der Waals surface area contributed by atoms with Crippen LogP contribution in [-0.2, 0) is 0 Å². The minimum absolute atomic E-state index is 0.0838. The number of amides is 1. The summed E-state index contributed by atoms with van der Waals surface area (Å²) in [5.74, 6) is -0.226. The molecule has 118 valence electrons. The summed E-state index contributed by atoms with van der Waals surface area (Å²) in [6.45, 7) is 4.84. The van der Waals surface area contributed by atoms with Crippen LogP contribution in [0.4, 0.5) is 0 Å². The van der Waals surface area contributed by atoms with E-state index in [1.165, 1.54) is 9.36 Å². The fraction of sp³-hybridized carbons (Fsp3) is 0.263. The monoisotopic (exact) mass is 372 g/mol. The van der Waals surface area contributed by atoms with Crippen molar-refractivity contribution in [2.45, 2.75) is 24.6 Å². The molecule has 0 heterocycles. The Morgan fingerprint density at radius 1 is 1.09 bits per heavy atom. The molecule has 2 aromatic carbocycles. The van der Waals surface area contributed by atoms with Crippen LogP contribution in [0.3, 0.4) is 0 Å². The van der Waals surface area contributed by atoms with Gasteiger partial charge in [0.15, 0.2) is 0 Å². The number of carbonyl (C=O) groups is 1. The van der Waals surface area contributed by atoms with Crippen molar-refractivity contribution in [1.82, 2.24) is 4.90 Å². The van der Waals surface area contributed by atoms with Crippen LogP contribution in [0.1, 0.15) is 30.6 Å². The third-order valence-electron chi connectivity index (χ3n) is 3.46. The Labute approximate surface area is 144 Å². The summed E-state index contributed by atoms with van der Waals surface area (Å²) in [5, 5.41) is 9.30. The van der Waals surface area contributed by atoms with E-state index in [1.807, 2.05) is 42.6 Å². The van der Waals surface area contributed by atoms with Crippen LogP contribution in [0.5, 0.6) is 0 Å². The first-order valence-electron chi connectivity index (χ1n) is 7.52. The molecule has 0 N–H and O–H groups in total. The molecule has 0 fully saturated rings. The van der Waals surface area contributed by atoms with E-state index in [4.69, 9.17) is 0 Å². The van der Waals surface area contributed by atoms with Crippen molar-refractivity contribution in [3.05, 3.63) is 66.2 Å². The summed E-state index contributed by atoms with van der Waals surface area (Å²) >= 11 is 0.297. The number of carbonyl (C=O) groups excluding carboxylic acids is 1. The van der Waals surface area contributed by atoms with Crippen LogP contribution in [0, 0.1) is 11.5 Å². The van der Waals surface area contributed by atoms with Crippen LogP contribution >= 0.6 is 0 Å². The van der Waals surface area contributed by atoms with E-state index in [9.17, 15) is 10.1 Å². The molecule has 0 aliphatic heterocycles. The van der Waals surface area contributed by atoms with Gasteiger partial charge in [-0.05, 0) is 0 Å². The standard InChI is InChI=1S/C19H20N2OSe/c1-19(2,23-17-11-7-4-8-12-17)13-14-21(15-20)18(22)16-9-5-3-6-10-16/h3-12H,13-14H2,1-2H3. The van der Waals surface area contributed by atoms with Gasteiger partial charge in [0, 0.05) is 0 Å². The molecule has 0 radical (unpaired) electrons. The zero-order valence-electron chi connectivity index (χ0n) is 13.4. The van der Waals surface area contributed by atoms with Gasteiger partial charge in [0.2, 0.25) is 0 Å². The average Bonchev–Trinajstić information content (AvgIpc) is 2.56. The molecule has 3 nitrogen and oxygen atoms in total. The molecule has 2 rings (SSSR count). The van der Waals surface area contributed by atoms with Crippen molar-refractivity contribution in [2.24, 2.45) is 0 Å². The summed E-state index contributed by atoms with van der Waals surface area (Å²) in [5.41, 5.74) is 0.556. The molecule has 0 atom stereocenters. The Balaban J connectivity index is 1.97. The Bertz CT molecular complexity index is 678. The molecule has 23 heavy (non-hydrogen) atoms. The van der Waals surface area contributed by atoms with Gasteiger partial charge in [-0.15, -0.1) is 0 Å². The van der Waals surface area contributed by atoms with E-state index in [0.29, 0.717) is 27.1 Å². The predicted molar refractivity (Wildman–Crippen MR) is 93.6 cm³/mol. The van der Waals surface area contributed by atoms with Crippen LogP contribution in [0.25, 0.3) is 0 Å². The number of rotatable bonds is 6. The normalized spacial score (nSPS) is 10.8. The van der Waals surface area contributed by atoms with Crippen molar-refractivity contribution >= 4 is 25.3 Å². The van der Waals surface area contributed by atoms with Crippen LogP contribution in [0.2, 0.25) is 4.31 Å². The molecule has 0 aromatic heterocycles. The van der Waals surface area contributed by atoms with E-state index in [-0.39, 0.29) is 10.2 Å². The van der Waals surface area contributed by atoms with Crippen molar-refractivity contribution in [1.29, 1.82) is 5.26 Å². The first-order valence-corrected chi connectivity index (χ1v) is 9.24. The van der Waals surface area contributed by atoms with Gasteiger partial charge in [-0.25, -0.2) is 0 Å². The topological polar surface area (TPSA) is 44.1 Å². The predicted octanol–water partition coefficient (Wildman–Crippen LogP) is 3.23. The molecular weight excluding hydrogens is 351 g/mol. The number of hydrogen-bond acceptors (Lipinski definition) is 2. The van der Waals surface area contributed by atoms with Crippen molar-refractivity contribution in [3.63, 3.8) is 0 Å². The van der Waals surface area contributed by atoms with Gasteiger partial charge in [-0.1, -0.05) is 0 Å². The third kappa shape index (κ3) is 5.25. The molecule has 0 saturated carbocycles. The Kier molecular flexibility index (Phi) is 5.98. The van der Waals surface area contributed by atoms with Gasteiger partial charge in [0.25, 0.3) is 0 Å². The number of benzene rings is 2. The first-order chi connectivity index (χ1) is 11.0. The Hall–Kier alpha value is -2.08. The van der Waals surface area contributed by atoms with Gasteiger partial charge in [-0.2, -0.15) is 0 Å². The summed E-state index contributed by atoms with van der Waals surface area (Å²) in [4.78, 5) is 13.6. The minimum atomic E-state index is -0.226. The van der Waals surface area contributed by atoms with Crippen LogP contribution in [0.15, 0.2) is 60.7 Å². The second-order valence-corrected chi connectivity index (χ2v) is 9.58. The maximum absolute atomic E-state index is 12.4. The van der Waals surface area contributed by atoms with E-state index >= 15 is 0 Å². The molecule has 0 unspecified atom stereocenters. The quantitative estimate of drug-likeness (QED) is 0.445. The van der Waals surface area contributed by atoms with Crippen molar-refractivity contribution in [2.75, 3.05) is 6.54 Å². The van der Waals surface area contributed by atoms with Crippen molar-refractivity contribution < 1.29 is 4.79 Å². The zero-order valence-corrected chi connectivity index (χ0v) is 15.1. The summed E-state index contributed by atoms with van der Waals surface area (Å²) in [6, 6.07) is 19.4. The Morgan fingerprint density at radius 3 is 2.22 bits per heavy atom. The summed E-state index contributed by atoms with van der Waals surface area (Å²) < 4.78 is 1.42. The van der Waals surface area contributed by atoms with Crippen LogP contribution < -0.4 is 4.46 Å². The number of nitriles is 1. The summed E-state index contributed by atoms with van der Waals surface area (Å²) in [7, 11) is 0. The molecule has 0 spiro atoms. The van der Waals surface area contributed by atoms with E-state index in [1.54, 1.807) is 12.1 Å². The second-order valence-electron chi connectivity index (χ2n) is 5.85. The van der Waals surface area contributed by atoms with E-state index in [2.05, 4.69) is 26.0 Å². The molecule has 2 aromatic rings. The third-order valence-corrected chi connectivity index (χ3v) is 6.11. The molecule has 0 aliphatic carbocycles. The number of hydrogen-bond donors (Lipinski definition) is 0. The fourth-order valence-corrected chi connectivity index (χ4v) is 4.53. The average molecular weight is 371 g/mol. The van der Waals surface area contributed by atoms with Gasteiger partial charge >= 0.3 is 144 Å². The number of nitrogens with zero attached hydrogens (tertiary/aromatic N) is 2. The Morgan fingerprint density at radius 2 is 1.65 bits per heavy atom. The molecule has 0 saturated heterocycles. The molecule has 1 amide bonds. The second kappa shape index (κ2) is 7.97. The maximum atomic E-state index is 12.4. The van der Waals surface area contributed by atoms with Gasteiger partial charge in [0.1, 0.15) is 0 Å². The molecule has 0 aliphatic rings. The van der Waals surface area contributed by atoms with Gasteiger partial charge in [-0.3, -0.25) is 0 Å². The zero-order chi connectivity index (χ0) is 16.7. The summed E-state index contributed by atoms with van der Waals surface area (Å²) in [6.07, 6.45) is 2.83.